The van der Waals surface area contributed by atoms with Gasteiger partial charge in [0.2, 0.25) is 0 Å². The minimum absolute atomic E-state index is 0.245. The zero-order valence-corrected chi connectivity index (χ0v) is 16.7. The van der Waals surface area contributed by atoms with Crippen LogP contribution in [0.15, 0.2) is 115 Å². The molecule has 0 aliphatic carbocycles. The molecule has 0 atom stereocenters. The van der Waals surface area contributed by atoms with Crippen LogP contribution in [-0.4, -0.2) is 11.9 Å². The second kappa shape index (κ2) is 9.41. The molecule has 3 amide bonds. The highest BCUT2D eigenvalue weighted by Crippen LogP contribution is 2.26. The average molecular weight is 407 g/mol. The lowest BCUT2D eigenvalue weighted by Crippen LogP contribution is -2.30. The smallest absolute Gasteiger partial charge is 0.322 e. The normalized spacial score (nSPS) is 10.2. The lowest BCUT2D eigenvalue weighted by Gasteiger charge is -2.23. The molecule has 0 saturated heterocycles. The van der Waals surface area contributed by atoms with Crippen LogP contribution in [0.3, 0.4) is 0 Å². The van der Waals surface area contributed by atoms with E-state index in [1.54, 1.807) is 29.2 Å². The van der Waals surface area contributed by atoms with Crippen molar-refractivity contribution in [3.8, 4) is 0 Å². The van der Waals surface area contributed by atoms with Crippen molar-refractivity contribution in [1.82, 2.24) is 0 Å². The molecule has 0 bridgehead atoms. The Morgan fingerprint density at radius 1 is 0.548 bits per heavy atom. The monoisotopic (exact) mass is 407 g/mol. The van der Waals surface area contributed by atoms with Crippen LogP contribution in [0.25, 0.3) is 0 Å². The van der Waals surface area contributed by atoms with Crippen LogP contribution in [0.1, 0.15) is 10.4 Å². The SMILES string of the molecule is O=C(Nc1ccccc1)c1cccc(NC(=O)N(c2ccccc2)c2ccccc2)c1. The molecule has 2 N–H and O–H groups in total. The number of hydrogen-bond acceptors (Lipinski definition) is 2. The molecule has 152 valence electrons. The van der Waals surface area contributed by atoms with Crippen LogP contribution < -0.4 is 15.5 Å². The van der Waals surface area contributed by atoms with Gasteiger partial charge in [0, 0.05) is 16.9 Å². The van der Waals surface area contributed by atoms with Gasteiger partial charge < -0.3 is 10.6 Å². The Bertz CT molecular complexity index is 1120. The Morgan fingerprint density at radius 3 is 1.65 bits per heavy atom. The summed E-state index contributed by atoms with van der Waals surface area (Å²) in [6.07, 6.45) is 0. The van der Waals surface area contributed by atoms with Crippen molar-refractivity contribution < 1.29 is 9.59 Å². The number of carbonyl (C=O) groups excluding carboxylic acids is 2. The van der Waals surface area contributed by atoms with E-state index in [2.05, 4.69) is 10.6 Å². The maximum absolute atomic E-state index is 13.2. The minimum Gasteiger partial charge on any atom is -0.322 e. The molecule has 4 aromatic carbocycles. The number of para-hydroxylation sites is 3. The number of carbonyl (C=O) groups is 2. The lowest BCUT2D eigenvalue weighted by molar-refractivity contribution is 0.102. The van der Waals surface area contributed by atoms with Crippen molar-refractivity contribution in [2.24, 2.45) is 0 Å². The van der Waals surface area contributed by atoms with Crippen LogP contribution in [0.4, 0.5) is 27.5 Å². The van der Waals surface area contributed by atoms with Gasteiger partial charge in [-0.1, -0.05) is 60.7 Å². The van der Waals surface area contributed by atoms with Gasteiger partial charge in [0.1, 0.15) is 0 Å². The van der Waals surface area contributed by atoms with Crippen molar-refractivity contribution in [3.63, 3.8) is 0 Å². The largest absolute Gasteiger partial charge is 0.330 e. The zero-order chi connectivity index (χ0) is 21.5. The Morgan fingerprint density at radius 2 is 1.06 bits per heavy atom. The number of benzene rings is 4. The molecule has 0 spiro atoms. The van der Waals surface area contributed by atoms with Gasteiger partial charge in [0.05, 0.1) is 11.4 Å². The molecule has 0 radical (unpaired) electrons. The van der Waals surface area contributed by atoms with Crippen molar-refractivity contribution >= 4 is 34.7 Å². The summed E-state index contributed by atoms with van der Waals surface area (Å²) in [6.45, 7) is 0. The van der Waals surface area contributed by atoms with Gasteiger partial charge in [-0.2, -0.15) is 0 Å². The number of anilines is 4. The van der Waals surface area contributed by atoms with E-state index in [0.717, 1.165) is 11.4 Å². The number of rotatable bonds is 5. The molecule has 0 aliphatic rings. The van der Waals surface area contributed by atoms with Gasteiger partial charge in [-0.3, -0.25) is 9.69 Å². The fourth-order valence-electron chi connectivity index (χ4n) is 3.18. The summed E-state index contributed by atoms with van der Waals surface area (Å²) in [6, 6.07) is 34.6. The molecule has 0 aromatic heterocycles. The molecule has 0 unspecified atom stereocenters. The first kappa shape index (κ1) is 19.9. The molecule has 31 heavy (non-hydrogen) atoms. The fraction of sp³-hybridized carbons (Fsp3) is 0. The Hall–Kier alpha value is -4.38. The van der Waals surface area contributed by atoms with E-state index in [-0.39, 0.29) is 11.9 Å². The Balaban J connectivity index is 1.55. The molecular weight excluding hydrogens is 386 g/mol. The van der Waals surface area contributed by atoms with E-state index < -0.39 is 0 Å². The van der Waals surface area contributed by atoms with E-state index in [1.165, 1.54) is 0 Å². The van der Waals surface area contributed by atoms with Gasteiger partial charge in [0.15, 0.2) is 0 Å². The first-order valence-corrected chi connectivity index (χ1v) is 9.88. The van der Waals surface area contributed by atoms with E-state index in [4.69, 9.17) is 0 Å². The first-order chi connectivity index (χ1) is 15.2. The van der Waals surface area contributed by atoms with E-state index >= 15 is 0 Å². The topological polar surface area (TPSA) is 61.4 Å². The van der Waals surface area contributed by atoms with Crippen molar-refractivity contribution in [1.29, 1.82) is 0 Å². The summed E-state index contributed by atoms with van der Waals surface area (Å²) < 4.78 is 0. The zero-order valence-electron chi connectivity index (χ0n) is 16.7. The molecule has 5 heteroatoms. The third-order valence-corrected chi connectivity index (χ3v) is 4.64. The Kier molecular flexibility index (Phi) is 6.05. The minimum atomic E-state index is -0.321. The van der Waals surface area contributed by atoms with Gasteiger partial charge in [-0.15, -0.1) is 0 Å². The summed E-state index contributed by atoms with van der Waals surface area (Å²) in [7, 11) is 0. The summed E-state index contributed by atoms with van der Waals surface area (Å²) in [5.74, 6) is -0.245. The van der Waals surface area contributed by atoms with E-state index in [9.17, 15) is 9.59 Å². The van der Waals surface area contributed by atoms with Gasteiger partial charge in [0.25, 0.3) is 5.91 Å². The maximum Gasteiger partial charge on any atom is 0.330 e. The second-order valence-electron chi connectivity index (χ2n) is 6.84. The van der Waals surface area contributed by atoms with Gasteiger partial charge in [-0.25, -0.2) is 4.79 Å². The summed E-state index contributed by atoms with van der Waals surface area (Å²) in [5.41, 5.74) is 3.17. The van der Waals surface area contributed by atoms with Crippen molar-refractivity contribution in [2.45, 2.75) is 0 Å². The molecule has 4 rings (SSSR count). The first-order valence-electron chi connectivity index (χ1n) is 9.88. The maximum atomic E-state index is 13.2. The van der Waals surface area contributed by atoms with Crippen LogP contribution in [0.2, 0.25) is 0 Å². The number of hydrogen-bond donors (Lipinski definition) is 2. The molecule has 4 aromatic rings. The summed E-state index contributed by atoms with van der Waals surface area (Å²) >= 11 is 0. The molecule has 0 fully saturated rings. The molecule has 0 aliphatic heterocycles. The highest BCUT2D eigenvalue weighted by Gasteiger charge is 2.18. The Labute approximate surface area is 181 Å². The lowest BCUT2D eigenvalue weighted by atomic mass is 10.2. The van der Waals surface area contributed by atoms with Crippen LogP contribution >= 0.6 is 0 Å². The van der Waals surface area contributed by atoms with Crippen LogP contribution in [0, 0.1) is 0 Å². The van der Waals surface area contributed by atoms with Crippen LogP contribution in [-0.2, 0) is 0 Å². The van der Waals surface area contributed by atoms with Crippen LogP contribution in [0.5, 0.6) is 0 Å². The molecule has 5 nitrogen and oxygen atoms in total. The number of urea groups is 1. The molecule has 0 heterocycles. The second-order valence-corrected chi connectivity index (χ2v) is 6.84. The summed E-state index contributed by atoms with van der Waals surface area (Å²) in [4.78, 5) is 27.4. The standard InChI is InChI=1S/C26H21N3O2/c30-25(27-21-12-4-1-5-13-21)20-11-10-14-22(19-20)28-26(31)29(23-15-6-2-7-16-23)24-17-8-3-9-18-24/h1-19H,(H,27,30)(H,28,31). The third kappa shape index (κ3) is 4.97. The third-order valence-electron chi connectivity index (χ3n) is 4.64. The number of nitrogens with one attached hydrogen (secondary N) is 2. The summed E-state index contributed by atoms with van der Waals surface area (Å²) in [5, 5.41) is 5.76. The number of nitrogens with zero attached hydrogens (tertiary/aromatic N) is 1. The average Bonchev–Trinajstić information content (AvgIpc) is 2.81. The fourth-order valence-corrected chi connectivity index (χ4v) is 3.18. The van der Waals surface area contributed by atoms with Gasteiger partial charge in [-0.05, 0) is 54.6 Å². The van der Waals surface area contributed by atoms with Crippen molar-refractivity contribution in [2.75, 3.05) is 15.5 Å². The highest BCUT2D eigenvalue weighted by atomic mass is 16.2. The predicted octanol–water partition coefficient (Wildman–Crippen LogP) is 6.31. The number of amides is 3. The molecule has 0 saturated carbocycles. The van der Waals surface area contributed by atoms with E-state index in [1.807, 2.05) is 91.0 Å². The quantitative estimate of drug-likeness (QED) is 0.407. The van der Waals surface area contributed by atoms with E-state index in [0.29, 0.717) is 16.9 Å². The van der Waals surface area contributed by atoms with Crippen molar-refractivity contribution in [3.05, 3.63) is 121 Å². The highest BCUT2D eigenvalue weighted by molar-refractivity contribution is 6.08. The molecular formula is C26H21N3O2. The van der Waals surface area contributed by atoms with Gasteiger partial charge >= 0.3 is 6.03 Å². The predicted molar refractivity (Wildman–Crippen MR) is 125 cm³/mol.